The second-order valence-corrected chi connectivity index (χ2v) is 10.3. The summed E-state index contributed by atoms with van der Waals surface area (Å²) in [7, 11) is 0. The third kappa shape index (κ3) is 6.42. The van der Waals surface area contributed by atoms with E-state index in [1.165, 1.54) is 34.4 Å². The number of nitrogens with zero attached hydrogens (tertiary/aromatic N) is 3. The first-order chi connectivity index (χ1) is 18.2. The number of benzene rings is 1. The van der Waals surface area contributed by atoms with Crippen molar-refractivity contribution in [1.82, 2.24) is 15.2 Å². The first kappa shape index (κ1) is 28.2. The highest BCUT2D eigenvalue weighted by Crippen LogP contribution is 2.37. The van der Waals surface area contributed by atoms with Gasteiger partial charge in [0.1, 0.15) is 36.9 Å². The summed E-state index contributed by atoms with van der Waals surface area (Å²) in [6, 6.07) is 3.06. The highest BCUT2D eigenvalue weighted by atomic mass is 79.9. The normalized spacial score (nSPS) is 24.1. The van der Waals surface area contributed by atoms with Gasteiger partial charge in [-0.3, -0.25) is 9.89 Å². The number of nitrogens with one attached hydrogen (secondary N) is 1. The highest BCUT2D eigenvalue weighted by molar-refractivity contribution is 9.10. The molecule has 3 unspecified atom stereocenters. The molecule has 0 spiro atoms. The number of aromatic nitrogens is 1. The molecule has 1 aromatic heterocycles. The second-order valence-electron chi connectivity index (χ2n) is 8.52. The predicted octanol–water partition coefficient (Wildman–Crippen LogP) is 3.41. The Morgan fingerprint density at radius 1 is 1.29 bits per heavy atom. The maximum Gasteiger partial charge on any atom is 0.338 e. The number of piperidine rings is 1. The number of thiazole rings is 1. The molecule has 1 aromatic carbocycles. The first-order valence-corrected chi connectivity index (χ1v) is 13.3. The third-order valence-corrected chi connectivity index (χ3v) is 7.34. The molecule has 14 heteroatoms. The van der Waals surface area contributed by atoms with Gasteiger partial charge >= 0.3 is 11.9 Å². The predicted molar refractivity (Wildman–Crippen MR) is 136 cm³/mol. The lowest BCUT2D eigenvalue weighted by atomic mass is 9.94. The van der Waals surface area contributed by atoms with Crippen LogP contribution in [0, 0.1) is 5.82 Å². The van der Waals surface area contributed by atoms with Crippen LogP contribution in [0.1, 0.15) is 23.5 Å². The fourth-order valence-corrected chi connectivity index (χ4v) is 5.45. The number of carbonyl (C=O) groups is 2. The van der Waals surface area contributed by atoms with Gasteiger partial charge in [-0.2, -0.15) is 0 Å². The number of hydrogen-bond acceptors (Lipinski definition) is 9. The van der Waals surface area contributed by atoms with E-state index in [-0.39, 0.29) is 31.8 Å². The van der Waals surface area contributed by atoms with Crippen molar-refractivity contribution in [2.24, 2.45) is 4.99 Å². The summed E-state index contributed by atoms with van der Waals surface area (Å²) in [5.74, 6) is -2.17. The Morgan fingerprint density at radius 3 is 2.63 bits per heavy atom. The average molecular weight is 617 g/mol. The van der Waals surface area contributed by atoms with E-state index in [1.54, 1.807) is 18.5 Å². The molecule has 2 aliphatic rings. The Kier molecular flexibility index (Phi) is 9.18. The first-order valence-electron chi connectivity index (χ1n) is 11.6. The van der Waals surface area contributed by atoms with Crippen LogP contribution in [-0.4, -0.2) is 84.1 Å². The van der Waals surface area contributed by atoms with Gasteiger partial charge in [0.2, 0.25) is 0 Å². The molecule has 3 heterocycles. The summed E-state index contributed by atoms with van der Waals surface area (Å²) in [6.07, 6.45) is -3.54. The molecule has 4 rings (SSSR count). The minimum Gasteiger partial charge on any atom is -0.480 e. The van der Waals surface area contributed by atoms with Crippen LogP contribution in [0.4, 0.5) is 13.2 Å². The van der Waals surface area contributed by atoms with Gasteiger partial charge < -0.3 is 19.9 Å². The van der Waals surface area contributed by atoms with Crippen LogP contribution >= 0.6 is 27.3 Å². The zero-order valence-electron chi connectivity index (χ0n) is 20.1. The van der Waals surface area contributed by atoms with E-state index in [1.807, 2.05) is 0 Å². The Morgan fingerprint density at radius 2 is 2.03 bits per heavy atom. The van der Waals surface area contributed by atoms with Crippen molar-refractivity contribution in [1.29, 1.82) is 0 Å². The van der Waals surface area contributed by atoms with Crippen molar-refractivity contribution in [2.75, 3.05) is 32.8 Å². The number of carboxylic acids is 1. The molecule has 0 amide bonds. The van der Waals surface area contributed by atoms with Crippen LogP contribution in [0.5, 0.6) is 0 Å². The van der Waals surface area contributed by atoms with Crippen molar-refractivity contribution >= 4 is 45.0 Å². The molecule has 0 aliphatic carbocycles. The molecule has 3 atom stereocenters. The van der Waals surface area contributed by atoms with Gasteiger partial charge in [0.25, 0.3) is 0 Å². The molecular weight excluding hydrogens is 593 g/mol. The van der Waals surface area contributed by atoms with Gasteiger partial charge in [-0.25, -0.2) is 27.7 Å². The number of aliphatic carboxylic acids is 1. The number of hydrogen-bond donors (Lipinski definition) is 2. The molecule has 2 aromatic rings. The summed E-state index contributed by atoms with van der Waals surface area (Å²) in [5.41, 5.74) is 0.888. The van der Waals surface area contributed by atoms with Crippen molar-refractivity contribution in [3.05, 3.63) is 61.9 Å². The second kappa shape index (κ2) is 12.4. The van der Waals surface area contributed by atoms with E-state index in [0.717, 1.165) is 0 Å². The summed E-state index contributed by atoms with van der Waals surface area (Å²) >= 11 is 4.65. The van der Waals surface area contributed by atoms with Crippen molar-refractivity contribution in [3.8, 4) is 0 Å². The van der Waals surface area contributed by atoms with Gasteiger partial charge in [-0.05, 0) is 24.6 Å². The number of alkyl halides is 2. The minimum absolute atomic E-state index is 0.0708. The van der Waals surface area contributed by atoms with E-state index in [0.29, 0.717) is 26.6 Å². The third-order valence-electron chi connectivity index (χ3n) is 5.87. The molecule has 0 radical (unpaired) electrons. The van der Waals surface area contributed by atoms with E-state index in [4.69, 9.17) is 19.6 Å². The molecule has 2 aliphatic heterocycles. The molecule has 38 heavy (non-hydrogen) atoms. The van der Waals surface area contributed by atoms with E-state index >= 15 is 0 Å². The topological polar surface area (TPSA) is 113 Å². The van der Waals surface area contributed by atoms with Crippen LogP contribution in [0.2, 0.25) is 0 Å². The summed E-state index contributed by atoms with van der Waals surface area (Å²) < 4.78 is 54.2. The number of carboxylic acid groups (broad SMARTS) is 1. The van der Waals surface area contributed by atoms with E-state index in [9.17, 15) is 22.8 Å². The minimum atomic E-state index is -1.80. The smallest absolute Gasteiger partial charge is 0.338 e. The molecule has 0 bridgehead atoms. The number of esters is 1. The van der Waals surface area contributed by atoms with Gasteiger partial charge in [-0.15, -0.1) is 11.3 Å². The van der Waals surface area contributed by atoms with Crippen molar-refractivity contribution < 1.29 is 37.3 Å². The Bertz CT molecular complexity index is 1230. The largest absolute Gasteiger partial charge is 0.480 e. The number of ether oxygens (including phenoxy) is 2. The molecule has 1 saturated heterocycles. The van der Waals surface area contributed by atoms with Gasteiger partial charge in [-0.1, -0.05) is 22.0 Å². The standard InChI is InChI=1S/C24H24BrF3N4O5S/c1-2-36-24(35)19-17(10-32-8-15(27)21(16(28)9-32)37-11-18(33)34)30-22(23-29-5-6-38-23)31-20(19)13-4-3-12(26)7-14(13)25/h3-7,15-16,20-21H,2,8-11H2,1H3,(H,30,31)(H,33,34). The van der Waals surface area contributed by atoms with Crippen LogP contribution in [-0.2, 0) is 19.1 Å². The van der Waals surface area contributed by atoms with E-state index in [2.05, 4.69) is 26.2 Å². The van der Waals surface area contributed by atoms with Crippen molar-refractivity contribution in [3.63, 3.8) is 0 Å². The number of rotatable bonds is 9. The molecule has 2 N–H and O–H groups in total. The summed E-state index contributed by atoms with van der Waals surface area (Å²) in [6.45, 7) is 0.293. The fourth-order valence-electron chi connectivity index (χ4n) is 4.30. The number of likely N-dealkylation sites (tertiary alicyclic amines) is 1. The molecule has 9 nitrogen and oxygen atoms in total. The zero-order chi connectivity index (χ0) is 27.4. The number of carbonyl (C=O) groups excluding carboxylic acids is 1. The Balaban J connectivity index is 1.71. The highest BCUT2D eigenvalue weighted by Gasteiger charge is 2.41. The fraction of sp³-hybridized carbons (Fsp3) is 0.417. The van der Waals surface area contributed by atoms with E-state index < -0.39 is 48.9 Å². The number of amidine groups is 1. The number of halogens is 4. The summed E-state index contributed by atoms with van der Waals surface area (Å²) in [5, 5.41) is 14.1. The average Bonchev–Trinajstić information content (AvgIpc) is 3.38. The molecule has 0 saturated carbocycles. The van der Waals surface area contributed by atoms with Crippen LogP contribution in [0.15, 0.2) is 50.5 Å². The summed E-state index contributed by atoms with van der Waals surface area (Å²) in [4.78, 5) is 34.4. The molecule has 1 fully saturated rings. The van der Waals surface area contributed by atoms with Crippen LogP contribution in [0.3, 0.4) is 0 Å². The lowest BCUT2D eigenvalue weighted by molar-refractivity contribution is -0.151. The Labute approximate surface area is 228 Å². The Hall–Kier alpha value is -2.81. The van der Waals surface area contributed by atoms with Gasteiger partial charge in [0, 0.05) is 41.4 Å². The lowest BCUT2D eigenvalue weighted by Crippen LogP contribution is -2.54. The van der Waals surface area contributed by atoms with Crippen LogP contribution < -0.4 is 5.32 Å². The SMILES string of the molecule is CCOC(=O)C1=C(CN2CC(F)C(OCC(=O)O)C(F)C2)NC(c2nccs2)=NC1c1ccc(F)cc1Br. The number of aliphatic imine (C=N–C) groups is 1. The van der Waals surface area contributed by atoms with Crippen LogP contribution in [0.25, 0.3) is 0 Å². The quantitative estimate of drug-likeness (QED) is 0.412. The maximum atomic E-state index is 14.9. The van der Waals surface area contributed by atoms with Gasteiger partial charge in [0.05, 0.1) is 12.2 Å². The monoisotopic (exact) mass is 616 g/mol. The van der Waals surface area contributed by atoms with Crippen molar-refractivity contribution in [2.45, 2.75) is 31.4 Å². The molecular formula is C24H24BrF3N4O5S. The zero-order valence-corrected chi connectivity index (χ0v) is 22.5. The van der Waals surface area contributed by atoms with Gasteiger partial charge in [0.15, 0.2) is 10.8 Å². The lowest BCUT2D eigenvalue weighted by Gasteiger charge is -2.38. The maximum absolute atomic E-state index is 14.9. The molecule has 204 valence electrons.